The van der Waals surface area contributed by atoms with Crippen LogP contribution in [0.5, 0.6) is 0 Å². The molecule has 1 aromatic rings. The van der Waals surface area contributed by atoms with Crippen LogP contribution in [0.4, 0.5) is 0 Å². The first-order valence-corrected chi connectivity index (χ1v) is 8.43. The lowest BCUT2D eigenvalue weighted by Gasteiger charge is -2.42. The summed E-state index contributed by atoms with van der Waals surface area (Å²) in [6, 6.07) is 2.27. The molecule has 2 rings (SSSR count). The Kier molecular flexibility index (Phi) is 5.48. The van der Waals surface area contributed by atoms with E-state index in [1.54, 1.807) is 17.8 Å². The smallest absolute Gasteiger partial charge is 0.247 e. The minimum absolute atomic E-state index is 0.178. The first-order chi connectivity index (χ1) is 10.9. The highest BCUT2D eigenvalue weighted by molar-refractivity contribution is 6.31. The van der Waals surface area contributed by atoms with Gasteiger partial charge in [0.05, 0.1) is 11.8 Å². The molecule has 1 saturated carbocycles. The molecule has 0 bridgehead atoms. The van der Waals surface area contributed by atoms with E-state index < -0.39 is 5.54 Å². The van der Waals surface area contributed by atoms with Gasteiger partial charge in [0.1, 0.15) is 10.7 Å². The zero-order valence-corrected chi connectivity index (χ0v) is 14.7. The van der Waals surface area contributed by atoms with Gasteiger partial charge in [-0.2, -0.15) is 10.4 Å². The first-order valence-electron chi connectivity index (χ1n) is 8.05. The van der Waals surface area contributed by atoms with Gasteiger partial charge in [0.15, 0.2) is 0 Å². The molecule has 1 aliphatic carbocycles. The molecule has 0 radical (unpaired) electrons. The summed E-state index contributed by atoms with van der Waals surface area (Å²) < 4.78 is 1.77. The molecule has 0 spiro atoms. The van der Waals surface area contributed by atoms with E-state index in [2.05, 4.69) is 18.1 Å². The average Bonchev–Trinajstić information content (AvgIpc) is 2.76. The van der Waals surface area contributed by atoms with Crippen molar-refractivity contribution in [3.8, 4) is 6.07 Å². The molecule has 1 amide bonds. The lowest BCUT2D eigenvalue weighted by molar-refractivity contribution is -0.130. The van der Waals surface area contributed by atoms with Crippen LogP contribution in [0.2, 0.25) is 5.15 Å². The van der Waals surface area contributed by atoms with Gasteiger partial charge >= 0.3 is 0 Å². The van der Waals surface area contributed by atoms with E-state index in [-0.39, 0.29) is 5.91 Å². The van der Waals surface area contributed by atoms with Crippen molar-refractivity contribution in [3.05, 3.63) is 22.5 Å². The monoisotopic (exact) mass is 334 g/mol. The molecule has 0 unspecified atom stereocenters. The molecule has 0 atom stereocenters. The van der Waals surface area contributed by atoms with Crippen LogP contribution < -0.4 is 0 Å². The van der Waals surface area contributed by atoms with E-state index in [9.17, 15) is 10.1 Å². The maximum atomic E-state index is 12.3. The fourth-order valence-electron chi connectivity index (χ4n) is 2.72. The summed E-state index contributed by atoms with van der Waals surface area (Å²) in [5, 5.41) is 14.3. The topological polar surface area (TPSA) is 61.9 Å². The molecule has 1 heterocycles. The lowest BCUT2D eigenvalue weighted by Crippen LogP contribution is -2.52. The van der Waals surface area contributed by atoms with Crippen molar-refractivity contribution in [2.75, 3.05) is 7.05 Å². The van der Waals surface area contributed by atoms with Crippen LogP contribution in [-0.2, 0) is 11.3 Å². The zero-order chi connectivity index (χ0) is 17.0. The summed E-state index contributed by atoms with van der Waals surface area (Å²) in [5.74, 6) is -0.178. The van der Waals surface area contributed by atoms with Gasteiger partial charge in [-0.15, -0.1) is 0 Å². The Bertz CT molecular complexity index is 652. The van der Waals surface area contributed by atoms with Crippen molar-refractivity contribution >= 4 is 23.6 Å². The van der Waals surface area contributed by atoms with Gasteiger partial charge in [0.25, 0.3) is 0 Å². The highest BCUT2D eigenvalue weighted by Gasteiger charge is 2.42. The van der Waals surface area contributed by atoms with Gasteiger partial charge in [0, 0.05) is 25.2 Å². The van der Waals surface area contributed by atoms with E-state index in [1.165, 1.54) is 11.0 Å². The Morgan fingerprint density at radius 3 is 2.78 bits per heavy atom. The number of hydrogen-bond acceptors (Lipinski definition) is 3. The first kappa shape index (κ1) is 17.6. The van der Waals surface area contributed by atoms with Crippen LogP contribution in [0, 0.1) is 18.3 Å². The average molecular weight is 335 g/mol. The molecule has 0 aromatic carbocycles. The third kappa shape index (κ3) is 3.42. The van der Waals surface area contributed by atoms with Crippen molar-refractivity contribution in [1.82, 2.24) is 14.7 Å². The standard InChI is InChI=1S/C17H23ClN4O/c1-4-5-11-22-16(18)14(13(2)20-22)7-8-15(23)21(3)17(12-19)9-6-10-17/h7-8H,4-6,9-11H2,1-3H3/b8-7+. The highest BCUT2D eigenvalue weighted by Crippen LogP contribution is 2.36. The molecule has 23 heavy (non-hydrogen) atoms. The third-order valence-corrected chi connectivity index (χ3v) is 4.99. The summed E-state index contributed by atoms with van der Waals surface area (Å²) in [5.41, 5.74) is 0.937. The van der Waals surface area contributed by atoms with Crippen molar-refractivity contribution in [2.24, 2.45) is 0 Å². The van der Waals surface area contributed by atoms with Crippen molar-refractivity contribution in [3.63, 3.8) is 0 Å². The van der Waals surface area contributed by atoms with Gasteiger partial charge in [-0.3, -0.25) is 9.48 Å². The number of nitrogens with zero attached hydrogens (tertiary/aromatic N) is 4. The number of amides is 1. The number of rotatable bonds is 6. The van der Waals surface area contributed by atoms with Crippen LogP contribution in [0.3, 0.4) is 0 Å². The largest absolute Gasteiger partial charge is 0.323 e. The van der Waals surface area contributed by atoms with E-state index in [4.69, 9.17) is 11.6 Å². The van der Waals surface area contributed by atoms with Crippen LogP contribution in [0.1, 0.15) is 50.3 Å². The maximum Gasteiger partial charge on any atom is 0.247 e. The Balaban J connectivity index is 2.12. The van der Waals surface area contributed by atoms with Crippen LogP contribution in [0.25, 0.3) is 6.08 Å². The molecule has 0 aliphatic heterocycles. The van der Waals surface area contributed by atoms with Crippen molar-refractivity contribution in [1.29, 1.82) is 5.26 Å². The second-order valence-electron chi connectivity index (χ2n) is 6.09. The van der Waals surface area contributed by atoms with Crippen LogP contribution in [0.15, 0.2) is 6.08 Å². The Morgan fingerprint density at radius 1 is 1.57 bits per heavy atom. The number of likely N-dealkylation sites (N-methyl/N-ethyl adjacent to an activating group) is 1. The fraction of sp³-hybridized carbons (Fsp3) is 0.588. The molecule has 1 fully saturated rings. The molecule has 5 nitrogen and oxygen atoms in total. The van der Waals surface area contributed by atoms with E-state index in [0.717, 1.165) is 49.9 Å². The maximum absolute atomic E-state index is 12.3. The number of aryl methyl sites for hydroxylation is 2. The molecule has 124 valence electrons. The van der Waals surface area contributed by atoms with Gasteiger partial charge in [-0.25, -0.2) is 0 Å². The number of unbranched alkanes of at least 4 members (excludes halogenated alkanes) is 1. The normalized spacial score (nSPS) is 16.1. The number of aromatic nitrogens is 2. The Hall–Kier alpha value is -1.80. The number of hydrogen-bond donors (Lipinski definition) is 0. The van der Waals surface area contributed by atoms with Crippen molar-refractivity contribution < 1.29 is 4.79 Å². The summed E-state index contributed by atoms with van der Waals surface area (Å²) in [6.07, 6.45) is 7.75. The molecule has 0 N–H and O–H groups in total. The predicted molar refractivity (Wildman–Crippen MR) is 90.9 cm³/mol. The minimum Gasteiger partial charge on any atom is -0.323 e. The summed E-state index contributed by atoms with van der Waals surface area (Å²) in [4.78, 5) is 13.9. The molecule has 6 heteroatoms. The molecular formula is C17H23ClN4O. The summed E-state index contributed by atoms with van der Waals surface area (Å²) in [6.45, 7) is 4.77. The molecular weight excluding hydrogens is 312 g/mol. The SMILES string of the molecule is CCCCn1nc(C)c(/C=C/C(=O)N(C)C2(C#N)CCC2)c1Cl. The molecule has 1 aliphatic rings. The lowest BCUT2D eigenvalue weighted by atomic mass is 9.76. The van der Waals surface area contributed by atoms with E-state index in [1.807, 2.05) is 6.92 Å². The molecule has 0 saturated heterocycles. The second-order valence-corrected chi connectivity index (χ2v) is 6.45. The van der Waals surface area contributed by atoms with Gasteiger partial charge in [-0.05, 0) is 38.7 Å². The number of carbonyl (C=O) groups is 1. The Labute approximate surface area is 142 Å². The fourth-order valence-corrected chi connectivity index (χ4v) is 3.05. The third-order valence-electron chi connectivity index (χ3n) is 4.59. The Morgan fingerprint density at radius 2 is 2.26 bits per heavy atom. The second kappa shape index (κ2) is 7.18. The van der Waals surface area contributed by atoms with Crippen molar-refractivity contribution in [2.45, 2.75) is 58.0 Å². The summed E-state index contributed by atoms with van der Waals surface area (Å²) >= 11 is 6.36. The number of nitriles is 1. The van der Waals surface area contributed by atoms with Crippen LogP contribution in [-0.4, -0.2) is 33.2 Å². The number of carbonyl (C=O) groups excluding carboxylic acids is 1. The summed E-state index contributed by atoms with van der Waals surface area (Å²) in [7, 11) is 1.69. The van der Waals surface area contributed by atoms with Crippen LogP contribution >= 0.6 is 11.6 Å². The quantitative estimate of drug-likeness (QED) is 0.747. The molecule has 1 aromatic heterocycles. The van der Waals surface area contributed by atoms with Gasteiger partial charge < -0.3 is 4.90 Å². The van der Waals surface area contributed by atoms with Gasteiger partial charge in [0.2, 0.25) is 5.91 Å². The van der Waals surface area contributed by atoms with Gasteiger partial charge in [-0.1, -0.05) is 24.9 Å². The zero-order valence-electron chi connectivity index (χ0n) is 14.0. The predicted octanol–water partition coefficient (Wildman–Crippen LogP) is 3.56. The van der Waals surface area contributed by atoms with E-state index in [0.29, 0.717) is 5.15 Å². The minimum atomic E-state index is -0.633. The van der Waals surface area contributed by atoms with E-state index >= 15 is 0 Å². The highest BCUT2D eigenvalue weighted by atomic mass is 35.5. The number of halogens is 1.